The zero-order valence-electron chi connectivity index (χ0n) is 13.6. The first-order chi connectivity index (χ1) is 9.94. The minimum absolute atomic E-state index is 0.131. The average Bonchev–Trinajstić information content (AvgIpc) is 2.82. The molecule has 21 heavy (non-hydrogen) atoms. The smallest absolute Gasteiger partial charge is 0.0577 e. The molecule has 0 aromatic heterocycles. The minimum atomic E-state index is -0.131. The minimum Gasteiger partial charge on any atom is -0.393 e. The summed E-state index contributed by atoms with van der Waals surface area (Å²) in [5, 5.41) is 10.1. The Labute approximate surface area is 129 Å². The van der Waals surface area contributed by atoms with Crippen LogP contribution in [-0.4, -0.2) is 17.3 Å². The molecule has 0 spiro atoms. The van der Waals surface area contributed by atoms with Gasteiger partial charge in [-0.3, -0.25) is 0 Å². The van der Waals surface area contributed by atoms with Crippen LogP contribution in [0.3, 0.4) is 0 Å². The van der Waals surface area contributed by atoms with Crippen molar-refractivity contribution in [1.29, 1.82) is 0 Å². The average molecular weight is 289 g/mol. The molecule has 0 bridgehead atoms. The third-order valence-electron chi connectivity index (χ3n) is 7.96. The Bertz CT molecular complexity index is 472. The predicted octanol–water partition coefficient (Wildman–Crippen LogP) is 3.64. The molecule has 7 atom stereocenters. The molecule has 1 unspecified atom stereocenters. The highest BCUT2D eigenvalue weighted by atomic mass is 16.3. The molecule has 0 saturated heterocycles. The molecule has 0 aromatic carbocycles. The van der Waals surface area contributed by atoms with E-state index in [1.165, 1.54) is 37.7 Å². The van der Waals surface area contributed by atoms with E-state index in [-0.39, 0.29) is 12.1 Å². The predicted molar refractivity (Wildman–Crippen MR) is 85.7 cm³/mol. The van der Waals surface area contributed by atoms with E-state index in [1.807, 2.05) is 0 Å². The van der Waals surface area contributed by atoms with Crippen LogP contribution in [0, 0.1) is 28.6 Å². The Morgan fingerprint density at radius 2 is 1.90 bits per heavy atom. The van der Waals surface area contributed by atoms with Gasteiger partial charge in [-0.2, -0.15) is 0 Å². The normalized spacial score (nSPS) is 56.2. The summed E-state index contributed by atoms with van der Waals surface area (Å²) in [6.45, 7) is 5.01. The standard InChI is InChI=1S/C19H31NO/c1-18-7-3-4-14(18)17-15(6-8-18)19(2)9-5-13(21)10-12(19)11-16(17)20/h11,13-17,21H,3-10,20H2,1-2H3/t13-,14-,15-,16?,17-,18-,19-/m0/s1. The second-order valence-corrected chi connectivity index (χ2v) is 8.96. The van der Waals surface area contributed by atoms with Crippen molar-refractivity contribution in [3.63, 3.8) is 0 Å². The Balaban J connectivity index is 1.73. The molecule has 0 amide bonds. The molecule has 2 nitrogen and oxygen atoms in total. The lowest BCUT2D eigenvalue weighted by Gasteiger charge is -2.58. The van der Waals surface area contributed by atoms with Crippen molar-refractivity contribution in [2.45, 2.75) is 77.4 Å². The lowest BCUT2D eigenvalue weighted by molar-refractivity contribution is -0.0429. The van der Waals surface area contributed by atoms with Crippen LogP contribution in [0.2, 0.25) is 0 Å². The highest BCUT2D eigenvalue weighted by Gasteiger charge is 2.57. The number of rotatable bonds is 0. The lowest BCUT2D eigenvalue weighted by atomic mass is 9.47. The third kappa shape index (κ3) is 1.91. The molecular formula is C19H31NO. The molecular weight excluding hydrogens is 258 g/mol. The molecule has 3 fully saturated rings. The third-order valence-corrected chi connectivity index (χ3v) is 7.96. The topological polar surface area (TPSA) is 46.2 Å². The Hall–Kier alpha value is -0.340. The number of aliphatic hydroxyl groups excluding tert-OH is 1. The number of nitrogens with two attached hydrogens (primary N) is 1. The first-order valence-electron chi connectivity index (χ1n) is 9.09. The van der Waals surface area contributed by atoms with Crippen molar-refractivity contribution in [1.82, 2.24) is 0 Å². The van der Waals surface area contributed by atoms with Crippen molar-refractivity contribution in [2.24, 2.45) is 34.3 Å². The van der Waals surface area contributed by atoms with Gasteiger partial charge in [-0.15, -0.1) is 0 Å². The van der Waals surface area contributed by atoms with Crippen LogP contribution in [0.25, 0.3) is 0 Å². The number of hydrogen-bond donors (Lipinski definition) is 2. The Kier molecular flexibility index (Phi) is 3.11. The van der Waals surface area contributed by atoms with Crippen LogP contribution in [0.4, 0.5) is 0 Å². The van der Waals surface area contributed by atoms with Gasteiger partial charge in [-0.05, 0) is 73.5 Å². The molecule has 0 radical (unpaired) electrons. The van der Waals surface area contributed by atoms with Gasteiger partial charge < -0.3 is 10.8 Å². The molecule has 4 aliphatic rings. The van der Waals surface area contributed by atoms with E-state index < -0.39 is 0 Å². The maximum atomic E-state index is 10.1. The summed E-state index contributed by atoms with van der Waals surface area (Å²) in [6, 6.07) is 0.228. The van der Waals surface area contributed by atoms with Crippen molar-refractivity contribution in [3.05, 3.63) is 11.6 Å². The van der Waals surface area contributed by atoms with Crippen LogP contribution >= 0.6 is 0 Å². The maximum absolute atomic E-state index is 10.1. The monoisotopic (exact) mass is 289 g/mol. The van der Waals surface area contributed by atoms with E-state index in [4.69, 9.17) is 5.73 Å². The SMILES string of the molecule is C[C@@]12CCC[C@H]1[C@@H]1C(N)C=C3C[C@@H](O)CC[C@]3(C)[C@H]1CC2. The van der Waals surface area contributed by atoms with Gasteiger partial charge in [-0.1, -0.05) is 31.9 Å². The Morgan fingerprint density at radius 3 is 2.71 bits per heavy atom. The second-order valence-electron chi connectivity index (χ2n) is 8.96. The van der Waals surface area contributed by atoms with Crippen LogP contribution in [0.15, 0.2) is 11.6 Å². The first-order valence-corrected chi connectivity index (χ1v) is 9.09. The van der Waals surface area contributed by atoms with Gasteiger partial charge in [0.05, 0.1) is 6.10 Å². The van der Waals surface area contributed by atoms with Crippen molar-refractivity contribution in [3.8, 4) is 0 Å². The second kappa shape index (κ2) is 4.58. The van der Waals surface area contributed by atoms with Gasteiger partial charge in [0.15, 0.2) is 0 Å². The summed E-state index contributed by atoms with van der Waals surface area (Å²) < 4.78 is 0. The fraction of sp³-hybridized carbons (Fsp3) is 0.895. The van der Waals surface area contributed by atoms with E-state index in [9.17, 15) is 5.11 Å². The highest BCUT2D eigenvalue weighted by Crippen LogP contribution is 2.64. The quantitative estimate of drug-likeness (QED) is 0.669. The zero-order valence-corrected chi connectivity index (χ0v) is 13.6. The van der Waals surface area contributed by atoms with Crippen molar-refractivity contribution >= 4 is 0 Å². The van der Waals surface area contributed by atoms with Gasteiger partial charge in [0.1, 0.15) is 0 Å². The molecule has 0 aromatic rings. The fourth-order valence-corrected chi connectivity index (χ4v) is 6.71. The summed E-state index contributed by atoms with van der Waals surface area (Å²) in [6.07, 6.45) is 12.2. The van der Waals surface area contributed by atoms with E-state index in [0.29, 0.717) is 16.7 Å². The van der Waals surface area contributed by atoms with Gasteiger partial charge in [0.2, 0.25) is 0 Å². The lowest BCUT2D eigenvalue weighted by Crippen LogP contribution is -2.55. The van der Waals surface area contributed by atoms with Gasteiger partial charge >= 0.3 is 0 Å². The molecule has 3 N–H and O–H groups in total. The van der Waals surface area contributed by atoms with E-state index in [1.54, 1.807) is 0 Å². The van der Waals surface area contributed by atoms with Gasteiger partial charge in [-0.25, -0.2) is 0 Å². The van der Waals surface area contributed by atoms with E-state index in [2.05, 4.69) is 19.9 Å². The molecule has 0 heterocycles. The van der Waals surface area contributed by atoms with Crippen LogP contribution in [0.1, 0.15) is 65.2 Å². The highest BCUT2D eigenvalue weighted by molar-refractivity contribution is 5.28. The van der Waals surface area contributed by atoms with Crippen LogP contribution in [-0.2, 0) is 0 Å². The summed E-state index contributed by atoms with van der Waals surface area (Å²) in [5.74, 6) is 2.29. The van der Waals surface area contributed by atoms with Crippen molar-refractivity contribution in [2.75, 3.05) is 0 Å². The van der Waals surface area contributed by atoms with Gasteiger partial charge in [0, 0.05) is 6.04 Å². The summed E-state index contributed by atoms with van der Waals surface area (Å²) in [5.41, 5.74) is 9.03. The molecule has 0 aliphatic heterocycles. The maximum Gasteiger partial charge on any atom is 0.0577 e. The fourth-order valence-electron chi connectivity index (χ4n) is 6.71. The number of aliphatic hydroxyl groups is 1. The summed E-state index contributed by atoms with van der Waals surface area (Å²) in [4.78, 5) is 0. The molecule has 118 valence electrons. The Morgan fingerprint density at radius 1 is 1.10 bits per heavy atom. The molecule has 4 aliphatic carbocycles. The molecule has 4 rings (SSSR count). The van der Waals surface area contributed by atoms with E-state index in [0.717, 1.165) is 31.1 Å². The molecule has 3 saturated carbocycles. The molecule has 2 heteroatoms. The van der Waals surface area contributed by atoms with Gasteiger partial charge in [0.25, 0.3) is 0 Å². The number of fused-ring (bicyclic) bond motifs is 5. The van der Waals surface area contributed by atoms with E-state index >= 15 is 0 Å². The van der Waals surface area contributed by atoms with Crippen molar-refractivity contribution < 1.29 is 5.11 Å². The summed E-state index contributed by atoms with van der Waals surface area (Å²) >= 11 is 0. The first kappa shape index (κ1) is 14.3. The zero-order chi connectivity index (χ0) is 14.8. The number of hydrogen-bond acceptors (Lipinski definition) is 2. The van der Waals surface area contributed by atoms with Crippen LogP contribution in [0.5, 0.6) is 0 Å². The van der Waals surface area contributed by atoms with Crippen LogP contribution < -0.4 is 5.73 Å². The largest absolute Gasteiger partial charge is 0.393 e. The summed E-state index contributed by atoms with van der Waals surface area (Å²) in [7, 11) is 0.